The molecule has 2 N–H and O–H groups in total. The maximum atomic E-state index is 12.6. The SMILES string of the molecule is CC(C)[C@@H](NC(=O)C1CCN(S(=O)(=O)c2ccccc2)CC1)C(=O)O. The molecule has 1 heterocycles. The van der Waals surface area contributed by atoms with E-state index in [0.29, 0.717) is 12.8 Å². The van der Waals surface area contributed by atoms with Gasteiger partial charge in [0.1, 0.15) is 6.04 Å². The fraction of sp³-hybridized carbons (Fsp3) is 0.529. The Hall–Kier alpha value is -1.93. The average molecular weight is 368 g/mol. The van der Waals surface area contributed by atoms with E-state index < -0.39 is 22.0 Å². The number of carbonyl (C=O) groups is 2. The van der Waals surface area contributed by atoms with Crippen LogP contribution in [0.15, 0.2) is 35.2 Å². The van der Waals surface area contributed by atoms with Crippen LogP contribution < -0.4 is 5.32 Å². The van der Waals surface area contributed by atoms with Crippen LogP contribution in [-0.4, -0.2) is 48.8 Å². The van der Waals surface area contributed by atoms with Gasteiger partial charge in [-0.2, -0.15) is 4.31 Å². The number of hydrogen-bond donors (Lipinski definition) is 2. The highest BCUT2D eigenvalue weighted by molar-refractivity contribution is 7.89. The maximum absolute atomic E-state index is 12.6. The van der Waals surface area contributed by atoms with E-state index in [9.17, 15) is 18.0 Å². The van der Waals surface area contributed by atoms with Gasteiger partial charge in [0.25, 0.3) is 0 Å². The van der Waals surface area contributed by atoms with E-state index in [1.807, 2.05) is 0 Å². The van der Waals surface area contributed by atoms with Crippen molar-refractivity contribution < 1.29 is 23.1 Å². The van der Waals surface area contributed by atoms with Gasteiger partial charge in [-0.15, -0.1) is 0 Å². The molecule has 1 aromatic rings. The van der Waals surface area contributed by atoms with E-state index in [0.717, 1.165) is 0 Å². The Morgan fingerprint density at radius 3 is 2.20 bits per heavy atom. The lowest BCUT2D eigenvalue weighted by atomic mass is 9.95. The summed E-state index contributed by atoms with van der Waals surface area (Å²) in [5, 5.41) is 11.7. The second-order valence-electron chi connectivity index (χ2n) is 6.56. The molecule has 1 saturated heterocycles. The molecule has 2 rings (SSSR count). The maximum Gasteiger partial charge on any atom is 0.326 e. The van der Waals surface area contributed by atoms with E-state index in [1.165, 1.54) is 4.31 Å². The molecule has 1 aliphatic rings. The largest absolute Gasteiger partial charge is 0.480 e. The van der Waals surface area contributed by atoms with Crippen molar-refractivity contribution in [1.29, 1.82) is 0 Å². The Balaban J connectivity index is 1.97. The van der Waals surface area contributed by atoms with Crippen LogP contribution in [0.2, 0.25) is 0 Å². The lowest BCUT2D eigenvalue weighted by Gasteiger charge is -2.31. The van der Waals surface area contributed by atoms with Gasteiger partial charge in [-0.05, 0) is 30.9 Å². The van der Waals surface area contributed by atoms with Crippen LogP contribution in [0.1, 0.15) is 26.7 Å². The van der Waals surface area contributed by atoms with Gasteiger partial charge in [0.05, 0.1) is 4.90 Å². The number of rotatable bonds is 6. The van der Waals surface area contributed by atoms with Gasteiger partial charge >= 0.3 is 5.97 Å². The lowest BCUT2D eigenvalue weighted by Crippen LogP contribution is -2.49. The summed E-state index contributed by atoms with van der Waals surface area (Å²) in [6.07, 6.45) is 0.755. The minimum atomic E-state index is -3.55. The molecule has 1 aromatic carbocycles. The van der Waals surface area contributed by atoms with Crippen molar-refractivity contribution in [2.45, 2.75) is 37.6 Å². The summed E-state index contributed by atoms with van der Waals surface area (Å²) in [6, 6.07) is 7.26. The molecule has 0 spiro atoms. The first kappa shape index (κ1) is 19.4. The monoisotopic (exact) mass is 368 g/mol. The molecule has 7 nitrogen and oxygen atoms in total. The summed E-state index contributed by atoms with van der Waals surface area (Å²) in [5.41, 5.74) is 0. The zero-order chi connectivity index (χ0) is 18.6. The number of carboxylic acid groups (broad SMARTS) is 1. The van der Waals surface area contributed by atoms with Gasteiger partial charge in [0.2, 0.25) is 15.9 Å². The van der Waals surface area contributed by atoms with Crippen LogP contribution >= 0.6 is 0 Å². The summed E-state index contributed by atoms with van der Waals surface area (Å²) in [5.74, 6) is -1.98. The first-order valence-corrected chi connectivity index (χ1v) is 9.76. The normalized spacial score (nSPS) is 18.0. The van der Waals surface area contributed by atoms with Crippen LogP contribution in [0.25, 0.3) is 0 Å². The van der Waals surface area contributed by atoms with Gasteiger partial charge in [0.15, 0.2) is 0 Å². The van der Waals surface area contributed by atoms with Gasteiger partial charge in [-0.3, -0.25) is 4.79 Å². The zero-order valence-electron chi connectivity index (χ0n) is 14.4. The summed E-state index contributed by atoms with van der Waals surface area (Å²) in [4.78, 5) is 23.7. The Labute approximate surface area is 148 Å². The van der Waals surface area contributed by atoms with Crippen LogP contribution in [-0.2, 0) is 19.6 Å². The molecule has 0 bridgehead atoms. The van der Waals surface area contributed by atoms with E-state index in [4.69, 9.17) is 5.11 Å². The molecule has 1 atom stereocenters. The van der Waals surface area contributed by atoms with Gasteiger partial charge in [-0.25, -0.2) is 13.2 Å². The minimum absolute atomic E-state index is 0.222. The number of amides is 1. The second-order valence-corrected chi connectivity index (χ2v) is 8.50. The summed E-state index contributed by atoms with van der Waals surface area (Å²) >= 11 is 0. The number of sulfonamides is 1. The molecule has 1 amide bonds. The van der Waals surface area contributed by atoms with Gasteiger partial charge < -0.3 is 10.4 Å². The van der Waals surface area contributed by atoms with Gasteiger partial charge in [0, 0.05) is 19.0 Å². The molecular weight excluding hydrogens is 344 g/mol. The number of aliphatic carboxylic acids is 1. The highest BCUT2D eigenvalue weighted by atomic mass is 32.2. The highest BCUT2D eigenvalue weighted by Gasteiger charge is 2.33. The third-order valence-electron chi connectivity index (χ3n) is 4.44. The summed E-state index contributed by atoms with van der Waals surface area (Å²) in [6.45, 7) is 3.95. The Morgan fingerprint density at radius 1 is 1.16 bits per heavy atom. The number of benzene rings is 1. The van der Waals surface area contributed by atoms with Crippen molar-refractivity contribution in [3.63, 3.8) is 0 Å². The zero-order valence-corrected chi connectivity index (χ0v) is 15.2. The van der Waals surface area contributed by atoms with E-state index >= 15 is 0 Å². The van der Waals surface area contributed by atoms with Crippen molar-refractivity contribution in [2.24, 2.45) is 11.8 Å². The molecule has 1 fully saturated rings. The molecule has 0 radical (unpaired) electrons. The van der Waals surface area contributed by atoms with Crippen molar-refractivity contribution in [3.8, 4) is 0 Å². The molecule has 8 heteroatoms. The Bertz CT molecular complexity index is 710. The van der Waals surface area contributed by atoms with Crippen molar-refractivity contribution >= 4 is 21.9 Å². The van der Waals surface area contributed by atoms with Crippen LogP contribution in [0, 0.1) is 11.8 Å². The predicted molar refractivity (Wildman–Crippen MR) is 92.3 cm³/mol. The Kier molecular flexibility index (Phi) is 6.18. The summed E-state index contributed by atoms with van der Waals surface area (Å²) in [7, 11) is -3.55. The number of hydrogen-bond acceptors (Lipinski definition) is 4. The number of nitrogens with one attached hydrogen (secondary N) is 1. The average Bonchev–Trinajstić information content (AvgIpc) is 2.59. The van der Waals surface area contributed by atoms with E-state index in [1.54, 1.807) is 44.2 Å². The summed E-state index contributed by atoms with van der Waals surface area (Å²) < 4.78 is 26.5. The first-order valence-electron chi connectivity index (χ1n) is 8.32. The molecule has 0 unspecified atom stereocenters. The van der Waals surface area contributed by atoms with Crippen LogP contribution in [0.3, 0.4) is 0 Å². The smallest absolute Gasteiger partial charge is 0.326 e. The number of carboxylic acids is 1. The second kappa shape index (κ2) is 7.97. The van der Waals surface area contributed by atoms with E-state index in [-0.39, 0.29) is 35.7 Å². The number of piperidine rings is 1. The molecule has 25 heavy (non-hydrogen) atoms. The highest BCUT2D eigenvalue weighted by Crippen LogP contribution is 2.24. The molecular formula is C17H24N2O5S. The van der Waals surface area contributed by atoms with Crippen LogP contribution in [0.5, 0.6) is 0 Å². The van der Waals surface area contributed by atoms with Crippen molar-refractivity contribution in [3.05, 3.63) is 30.3 Å². The molecule has 0 saturated carbocycles. The predicted octanol–water partition coefficient (Wildman–Crippen LogP) is 1.31. The van der Waals surface area contributed by atoms with E-state index in [2.05, 4.69) is 5.32 Å². The van der Waals surface area contributed by atoms with Crippen LogP contribution in [0.4, 0.5) is 0 Å². The third kappa shape index (κ3) is 4.58. The van der Waals surface area contributed by atoms with Crippen molar-refractivity contribution in [2.75, 3.05) is 13.1 Å². The first-order chi connectivity index (χ1) is 11.7. The fourth-order valence-electron chi connectivity index (χ4n) is 2.88. The number of nitrogens with zero attached hydrogens (tertiary/aromatic N) is 1. The number of carbonyl (C=O) groups excluding carboxylic acids is 1. The van der Waals surface area contributed by atoms with Crippen molar-refractivity contribution in [1.82, 2.24) is 9.62 Å². The lowest BCUT2D eigenvalue weighted by molar-refractivity contribution is -0.144. The molecule has 138 valence electrons. The molecule has 0 aliphatic carbocycles. The Morgan fingerprint density at radius 2 is 1.72 bits per heavy atom. The fourth-order valence-corrected chi connectivity index (χ4v) is 4.38. The third-order valence-corrected chi connectivity index (χ3v) is 6.35. The molecule has 1 aliphatic heterocycles. The molecule has 0 aromatic heterocycles. The standard InChI is InChI=1S/C17H24N2O5S/c1-12(2)15(17(21)22)18-16(20)13-8-10-19(11-9-13)25(23,24)14-6-4-3-5-7-14/h3-7,12-13,15H,8-11H2,1-2H3,(H,18,20)(H,21,22)/t15-/m1/s1. The topological polar surface area (TPSA) is 104 Å². The minimum Gasteiger partial charge on any atom is -0.480 e. The van der Waals surface area contributed by atoms with Gasteiger partial charge in [-0.1, -0.05) is 32.0 Å². The quantitative estimate of drug-likeness (QED) is 0.788.